The first-order valence-corrected chi connectivity index (χ1v) is 7.95. The third-order valence-corrected chi connectivity index (χ3v) is 5.17. The molecular formula is C12H15FN2O3S2. The van der Waals surface area contributed by atoms with Crippen LogP contribution in [0.2, 0.25) is 0 Å². The molecule has 0 radical (unpaired) electrons. The smallest absolute Gasteiger partial charge is 0.243 e. The highest BCUT2D eigenvalue weighted by molar-refractivity contribution is 7.89. The molecule has 0 saturated carbocycles. The lowest BCUT2D eigenvalue weighted by Crippen LogP contribution is -2.34. The van der Waals surface area contributed by atoms with Gasteiger partial charge < -0.3 is 10.5 Å². The molecule has 0 bridgehead atoms. The second kappa shape index (κ2) is 6.13. The average molecular weight is 318 g/mol. The quantitative estimate of drug-likeness (QED) is 0.837. The normalized spacial score (nSPS) is 17.6. The van der Waals surface area contributed by atoms with Crippen LogP contribution in [0.15, 0.2) is 23.1 Å². The Morgan fingerprint density at radius 3 is 2.80 bits per heavy atom. The van der Waals surface area contributed by atoms with Gasteiger partial charge in [-0.05, 0) is 18.6 Å². The molecule has 0 atom stereocenters. The number of hydrogen-bond donors (Lipinski definition) is 1. The van der Waals surface area contributed by atoms with E-state index in [1.807, 2.05) is 0 Å². The third-order valence-electron chi connectivity index (χ3n) is 3.02. The molecule has 0 spiro atoms. The molecule has 110 valence electrons. The van der Waals surface area contributed by atoms with E-state index in [4.69, 9.17) is 22.7 Å². The second-order valence-electron chi connectivity index (χ2n) is 4.35. The molecule has 0 unspecified atom stereocenters. The first-order valence-electron chi connectivity index (χ1n) is 6.11. The summed E-state index contributed by atoms with van der Waals surface area (Å²) in [4.78, 5) is -0.459. The summed E-state index contributed by atoms with van der Waals surface area (Å²) < 4.78 is 45.5. The SMILES string of the molecule is NC(=S)c1c(F)cccc1S(=O)(=O)N1CCCOCC1. The maximum atomic E-state index is 13.8. The van der Waals surface area contributed by atoms with E-state index in [-0.39, 0.29) is 22.0 Å². The van der Waals surface area contributed by atoms with Crippen molar-refractivity contribution in [3.05, 3.63) is 29.6 Å². The summed E-state index contributed by atoms with van der Waals surface area (Å²) in [5.74, 6) is -0.732. The van der Waals surface area contributed by atoms with Crippen LogP contribution < -0.4 is 5.73 Å². The largest absolute Gasteiger partial charge is 0.389 e. The predicted molar refractivity (Wildman–Crippen MR) is 76.5 cm³/mol. The van der Waals surface area contributed by atoms with Crippen LogP contribution in [0, 0.1) is 5.82 Å². The van der Waals surface area contributed by atoms with E-state index in [0.29, 0.717) is 26.2 Å². The lowest BCUT2D eigenvalue weighted by atomic mass is 10.2. The highest BCUT2D eigenvalue weighted by atomic mass is 32.2. The zero-order valence-electron chi connectivity index (χ0n) is 10.7. The Kier molecular flexibility index (Phi) is 4.69. The summed E-state index contributed by atoms with van der Waals surface area (Å²) >= 11 is 4.76. The maximum Gasteiger partial charge on any atom is 0.243 e. The molecule has 0 amide bonds. The lowest BCUT2D eigenvalue weighted by molar-refractivity contribution is 0.148. The molecular weight excluding hydrogens is 303 g/mol. The van der Waals surface area contributed by atoms with Gasteiger partial charge in [0.1, 0.15) is 10.8 Å². The van der Waals surface area contributed by atoms with Crippen LogP contribution in [0.25, 0.3) is 0 Å². The molecule has 2 N–H and O–H groups in total. The van der Waals surface area contributed by atoms with Gasteiger partial charge in [-0.3, -0.25) is 0 Å². The maximum absolute atomic E-state index is 13.8. The van der Waals surface area contributed by atoms with Gasteiger partial charge in [-0.25, -0.2) is 12.8 Å². The van der Waals surface area contributed by atoms with Crippen molar-refractivity contribution in [2.75, 3.05) is 26.3 Å². The number of sulfonamides is 1. The van der Waals surface area contributed by atoms with Crippen LogP contribution in [-0.2, 0) is 14.8 Å². The van der Waals surface area contributed by atoms with Crippen LogP contribution in [0.4, 0.5) is 4.39 Å². The molecule has 1 aliphatic heterocycles. The fourth-order valence-electron chi connectivity index (χ4n) is 2.06. The van der Waals surface area contributed by atoms with Gasteiger partial charge >= 0.3 is 0 Å². The molecule has 1 aliphatic rings. The molecule has 1 saturated heterocycles. The summed E-state index contributed by atoms with van der Waals surface area (Å²) in [6.45, 7) is 1.39. The van der Waals surface area contributed by atoms with E-state index in [9.17, 15) is 12.8 Å². The molecule has 0 aromatic heterocycles. The standard InChI is InChI=1S/C12H15FN2O3S2/c13-9-3-1-4-10(11(9)12(14)19)20(16,17)15-5-2-7-18-8-6-15/h1,3-4H,2,5-8H2,(H2,14,19). The number of nitrogens with two attached hydrogens (primary N) is 1. The molecule has 0 aliphatic carbocycles. The van der Waals surface area contributed by atoms with Crippen molar-refractivity contribution in [2.45, 2.75) is 11.3 Å². The van der Waals surface area contributed by atoms with Crippen molar-refractivity contribution in [3.8, 4) is 0 Å². The Morgan fingerprint density at radius 2 is 2.10 bits per heavy atom. The third kappa shape index (κ3) is 2.98. The van der Waals surface area contributed by atoms with Crippen LogP contribution in [-0.4, -0.2) is 44.0 Å². The number of rotatable bonds is 3. The minimum absolute atomic E-state index is 0.188. The minimum atomic E-state index is -3.84. The number of nitrogens with zero attached hydrogens (tertiary/aromatic N) is 1. The molecule has 8 heteroatoms. The highest BCUT2D eigenvalue weighted by Crippen LogP contribution is 2.23. The molecule has 20 heavy (non-hydrogen) atoms. The van der Waals surface area contributed by atoms with Crippen LogP contribution in [0.1, 0.15) is 12.0 Å². The zero-order valence-corrected chi connectivity index (χ0v) is 12.3. The first-order chi connectivity index (χ1) is 9.44. The lowest BCUT2D eigenvalue weighted by Gasteiger charge is -2.21. The van der Waals surface area contributed by atoms with Gasteiger partial charge in [0.2, 0.25) is 10.0 Å². The number of thiocarbonyl (C=S) groups is 1. The van der Waals surface area contributed by atoms with Crippen LogP contribution in [0.5, 0.6) is 0 Å². The van der Waals surface area contributed by atoms with E-state index < -0.39 is 15.8 Å². The summed E-state index contributed by atoms with van der Waals surface area (Å²) in [7, 11) is -3.84. The van der Waals surface area contributed by atoms with Gasteiger partial charge in [-0.2, -0.15) is 4.31 Å². The van der Waals surface area contributed by atoms with Crippen LogP contribution in [0.3, 0.4) is 0 Å². The fourth-order valence-corrected chi connectivity index (χ4v) is 4.01. The number of benzene rings is 1. The molecule has 1 aromatic carbocycles. The van der Waals surface area contributed by atoms with Crippen molar-refractivity contribution in [1.82, 2.24) is 4.31 Å². The van der Waals surface area contributed by atoms with E-state index in [0.717, 1.165) is 6.07 Å². The van der Waals surface area contributed by atoms with Gasteiger partial charge in [-0.15, -0.1) is 0 Å². The van der Waals surface area contributed by atoms with Gasteiger partial charge in [0.25, 0.3) is 0 Å². The van der Waals surface area contributed by atoms with E-state index in [2.05, 4.69) is 0 Å². The van der Waals surface area contributed by atoms with E-state index >= 15 is 0 Å². The van der Waals surface area contributed by atoms with E-state index in [1.54, 1.807) is 0 Å². The van der Waals surface area contributed by atoms with Crippen molar-refractivity contribution in [2.24, 2.45) is 5.73 Å². The van der Waals surface area contributed by atoms with Crippen LogP contribution >= 0.6 is 12.2 Å². The number of ether oxygens (including phenoxy) is 1. The Morgan fingerprint density at radius 1 is 1.35 bits per heavy atom. The Bertz CT molecular complexity index is 611. The average Bonchev–Trinajstić information content (AvgIpc) is 2.67. The van der Waals surface area contributed by atoms with Crippen molar-refractivity contribution >= 4 is 27.2 Å². The van der Waals surface area contributed by atoms with E-state index in [1.165, 1.54) is 16.4 Å². The number of hydrogen-bond acceptors (Lipinski definition) is 4. The van der Waals surface area contributed by atoms with Crippen molar-refractivity contribution in [3.63, 3.8) is 0 Å². The van der Waals surface area contributed by atoms with Crippen molar-refractivity contribution in [1.29, 1.82) is 0 Å². The first kappa shape index (κ1) is 15.3. The van der Waals surface area contributed by atoms with Gasteiger partial charge in [0, 0.05) is 19.7 Å². The molecule has 2 rings (SSSR count). The summed E-state index contributed by atoms with van der Waals surface area (Å²) in [5, 5.41) is 0. The summed E-state index contributed by atoms with van der Waals surface area (Å²) in [5.41, 5.74) is 5.23. The monoisotopic (exact) mass is 318 g/mol. The second-order valence-corrected chi connectivity index (χ2v) is 6.69. The number of halogens is 1. The minimum Gasteiger partial charge on any atom is -0.389 e. The summed E-state index contributed by atoms with van der Waals surface area (Å²) in [6.07, 6.45) is 0.594. The molecule has 1 heterocycles. The summed E-state index contributed by atoms with van der Waals surface area (Å²) in [6, 6.07) is 3.79. The zero-order chi connectivity index (χ0) is 14.8. The Hall–Kier alpha value is -1.09. The Balaban J connectivity index is 2.48. The fraction of sp³-hybridized carbons (Fsp3) is 0.417. The van der Waals surface area contributed by atoms with Crippen molar-refractivity contribution < 1.29 is 17.5 Å². The topological polar surface area (TPSA) is 72.6 Å². The van der Waals surface area contributed by atoms with Gasteiger partial charge in [-0.1, -0.05) is 18.3 Å². The Labute approximate surface area is 122 Å². The van der Waals surface area contributed by atoms with Gasteiger partial charge in [0.15, 0.2) is 0 Å². The predicted octanol–water partition coefficient (Wildman–Crippen LogP) is 0.871. The molecule has 1 aromatic rings. The molecule has 1 fully saturated rings. The molecule has 5 nitrogen and oxygen atoms in total. The highest BCUT2D eigenvalue weighted by Gasteiger charge is 2.29. The van der Waals surface area contributed by atoms with Gasteiger partial charge in [0.05, 0.1) is 17.1 Å².